The van der Waals surface area contributed by atoms with E-state index in [1.54, 1.807) is 12.1 Å². The van der Waals surface area contributed by atoms with E-state index in [9.17, 15) is 13.2 Å². The molecule has 1 aromatic heterocycles. The normalized spacial score (nSPS) is 11.8. The Morgan fingerprint density at radius 2 is 2.06 bits per heavy atom. The summed E-state index contributed by atoms with van der Waals surface area (Å²) < 4.78 is 40.6. The Morgan fingerprint density at radius 1 is 1.29 bits per heavy atom. The van der Waals surface area contributed by atoms with Crippen molar-refractivity contribution in [2.45, 2.75) is 11.7 Å². The molecule has 2 aromatic rings. The molecule has 0 bridgehead atoms. The lowest BCUT2D eigenvalue weighted by Gasteiger charge is -2.11. The average Bonchev–Trinajstić information content (AvgIpc) is 2.26. The molecule has 1 heterocycles. The van der Waals surface area contributed by atoms with Crippen molar-refractivity contribution in [3.05, 3.63) is 30.0 Å². The van der Waals surface area contributed by atoms with Crippen molar-refractivity contribution in [3.63, 3.8) is 0 Å². The van der Waals surface area contributed by atoms with Crippen molar-refractivity contribution in [2.24, 2.45) is 0 Å². The molecule has 3 nitrogen and oxygen atoms in total. The Hall–Kier alpha value is -1.37. The van der Waals surface area contributed by atoms with Gasteiger partial charge in [-0.15, -0.1) is 18.3 Å². The molecule has 17 heavy (non-hydrogen) atoms. The van der Waals surface area contributed by atoms with Gasteiger partial charge in [0.1, 0.15) is 5.52 Å². The smallest absolute Gasteiger partial charge is 0.403 e. The number of fused-ring (bicyclic) bond motifs is 1. The first-order valence-electron chi connectivity index (χ1n) is 4.55. The highest BCUT2D eigenvalue weighted by Crippen LogP contribution is 2.30. The molecule has 90 valence electrons. The Balaban J connectivity index is 2.58. The number of halogens is 4. The molecular weight excluding hydrogens is 301 g/mol. The fourth-order valence-corrected chi connectivity index (χ4v) is 1.73. The molecule has 7 heteroatoms. The largest absolute Gasteiger partial charge is 0.573 e. The maximum atomic E-state index is 12.2. The van der Waals surface area contributed by atoms with Crippen LogP contribution in [0.2, 0.25) is 0 Å². The topological polar surface area (TPSA) is 35.0 Å². The van der Waals surface area contributed by atoms with E-state index in [0.717, 1.165) is 0 Å². The molecule has 0 fully saturated rings. The van der Waals surface area contributed by atoms with Crippen LogP contribution in [0.1, 0.15) is 5.56 Å². The van der Waals surface area contributed by atoms with Gasteiger partial charge in [-0.05, 0) is 23.8 Å². The molecule has 0 amide bonds. The minimum absolute atomic E-state index is 0.0922. The van der Waals surface area contributed by atoms with Gasteiger partial charge < -0.3 is 4.74 Å². The standard InChI is InChI=1S/C10H6BrF3N2O/c11-5-6-3-7-1-2-15-16-9(7)8(4-6)17-10(12,13)14/h1-4H,5H2. The third-order valence-electron chi connectivity index (χ3n) is 2.02. The van der Waals surface area contributed by atoms with Gasteiger partial charge in [0.25, 0.3) is 0 Å². The highest BCUT2D eigenvalue weighted by Gasteiger charge is 2.32. The van der Waals surface area contributed by atoms with Crippen LogP contribution in [0.5, 0.6) is 5.75 Å². The summed E-state index contributed by atoms with van der Waals surface area (Å²) in [6.45, 7) is 0. The number of hydrogen-bond donors (Lipinski definition) is 0. The minimum atomic E-state index is -4.74. The van der Waals surface area contributed by atoms with Crippen molar-refractivity contribution < 1.29 is 17.9 Å². The maximum absolute atomic E-state index is 12.2. The molecule has 0 saturated carbocycles. The van der Waals surface area contributed by atoms with Crippen molar-refractivity contribution in [1.29, 1.82) is 0 Å². The monoisotopic (exact) mass is 306 g/mol. The predicted octanol–water partition coefficient (Wildman–Crippen LogP) is 3.42. The van der Waals surface area contributed by atoms with Crippen LogP contribution in [0, 0.1) is 0 Å². The van der Waals surface area contributed by atoms with Crippen LogP contribution in [0.15, 0.2) is 24.4 Å². The summed E-state index contributed by atoms with van der Waals surface area (Å²) in [5.41, 5.74) is 0.763. The Morgan fingerprint density at radius 3 is 2.71 bits per heavy atom. The van der Waals surface area contributed by atoms with Gasteiger partial charge in [-0.1, -0.05) is 15.9 Å². The number of benzene rings is 1. The van der Waals surface area contributed by atoms with Gasteiger partial charge in [0, 0.05) is 10.7 Å². The van der Waals surface area contributed by atoms with Crippen LogP contribution in [0.4, 0.5) is 13.2 Å². The first-order chi connectivity index (χ1) is 7.99. The molecule has 0 aliphatic heterocycles. The summed E-state index contributed by atoms with van der Waals surface area (Å²) in [7, 11) is 0. The van der Waals surface area contributed by atoms with E-state index in [2.05, 4.69) is 30.9 Å². The van der Waals surface area contributed by atoms with E-state index in [1.165, 1.54) is 12.3 Å². The van der Waals surface area contributed by atoms with Crippen LogP contribution in [-0.2, 0) is 5.33 Å². The molecule has 0 unspecified atom stereocenters. The number of hydrogen-bond acceptors (Lipinski definition) is 3. The molecule has 2 rings (SSSR count). The zero-order chi connectivity index (χ0) is 12.5. The van der Waals surface area contributed by atoms with Gasteiger partial charge in [-0.3, -0.25) is 0 Å². The lowest BCUT2D eigenvalue weighted by Crippen LogP contribution is -2.17. The molecular formula is C10H6BrF3N2O. The zero-order valence-electron chi connectivity index (χ0n) is 8.33. The third-order valence-corrected chi connectivity index (χ3v) is 2.67. The fraction of sp³-hybridized carbons (Fsp3) is 0.200. The number of alkyl halides is 4. The van der Waals surface area contributed by atoms with Gasteiger partial charge in [-0.25, -0.2) is 0 Å². The highest BCUT2D eigenvalue weighted by atomic mass is 79.9. The van der Waals surface area contributed by atoms with E-state index >= 15 is 0 Å². The second-order valence-electron chi connectivity index (χ2n) is 3.24. The maximum Gasteiger partial charge on any atom is 0.573 e. The number of nitrogens with zero attached hydrogens (tertiary/aromatic N) is 2. The summed E-state index contributed by atoms with van der Waals surface area (Å²) in [6, 6.07) is 4.60. The Kier molecular flexibility index (Phi) is 3.19. The molecule has 0 aliphatic rings. The summed E-state index contributed by atoms with van der Waals surface area (Å²) in [5, 5.41) is 8.18. The van der Waals surface area contributed by atoms with Gasteiger partial charge in [0.05, 0.1) is 6.20 Å². The first-order valence-corrected chi connectivity index (χ1v) is 5.68. The van der Waals surface area contributed by atoms with Crippen molar-refractivity contribution in [2.75, 3.05) is 0 Å². The van der Waals surface area contributed by atoms with Gasteiger partial charge in [0.15, 0.2) is 5.75 Å². The van der Waals surface area contributed by atoms with Crippen LogP contribution < -0.4 is 4.74 Å². The second-order valence-corrected chi connectivity index (χ2v) is 3.81. The molecule has 0 saturated heterocycles. The fourth-order valence-electron chi connectivity index (χ4n) is 1.41. The lowest BCUT2D eigenvalue weighted by molar-refractivity contribution is -0.274. The minimum Gasteiger partial charge on any atom is -0.403 e. The first kappa shape index (κ1) is 12.1. The van der Waals surface area contributed by atoms with Gasteiger partial charge >= 0.3 is 6.36 Å². The highest BCUT2D eigenvalue weighted by molar-refractivity contribution is 9.08. The van der Waals surface area contributed by atoms with Gasteiger partial charge in [-0.2, -0.15) is 5.10 Å². The third kappa shape index (κ3) is 2.85. The molecule has 0 atom stereocenters. The SMILES string of the molecule is FC(F)(F)Oc1cc(CBr)cc2ccnnc12. The van der Waals surface area contributed by atoms with Crippen molar-refractivity contribution in [3.8, 4) is 5.75 Å². The predicted molar refractivity (Wildman–Crippen MR) is 58.9 cm³/mol. The molecule has 1 aromatic carbocycles. The number of ether oxygens (including phenoxy) is 1. The Labute approximate surface area is 103 Å². The van der Waals surface area contributed by atoms with Gasteiger partial charge in [0.2, 0.25) is 0 Å². The van der Waals surface area contributed by atoms with Crippen LogP contribution in [0.25, 0.3) is 10.9 Å². The van der Waals surface area contributed by atoms with Crippen molar-refractivity contribution in [1.82, 2.24) is 10.2 Å². The van der Waals surface area contributed by atoms with Crippen LogP contribution >= 0.6 is 15.9 Å². The number of rotatable bonds is 2. The van der Waals surface area contributed by atoms with E-state index < -0.39 is 6.36 Å². The molecule has 0 radical (unpaired) electrons. The molecule has 0 N–H and O–H groups in total. The van der Waals surface area contributed by atoms with Crippen molar-refractivity contribution >= 4 is 26.8 Å². The zero-order valence-corrected chi connectivity index (χ0v) is 9.92. The average molecular weight is 307 g/mol. The van der Waals surface area contributed by atoms with Crippen LogP contribution in [0.3, 0.4) is 0 Å². The summed E-state index contributed by atoms with van der Waals surface area (Å²) in [4.78, 5) is 0. The Bertz CT molecular complexity index is 545. The second kappa shape index (κ2) is 4.48. The van der Waals surface area contributed by atoms with E-state index in [4.69, 9.17) is 0 Å². The summed E-state index contributed by atoms with van der Waals surface area (Å²) in [5.74, 6) is -0.336. The number of aromatic nitrogens is 2. The van der Waals surface area contributed by atoms with E-state index in [-0.39, 0.29) is 11.3 Å². The summed E-state index contributed by atoms with van der Waals surface area (Å²) >= 11 is 3.18. The quantitative estimate of drug-likeness (QED) is 0.797. The molecule has 0 spiro atoms. The van der Waals surface area contributed by atoms with E-state index in [0.29, 0.717) is 16.3 Å². The lowest BCUT2D eigenvalue weighted by atomic mass is 10.1. The van der Waals surface area contributed by atoms with Crippen LogP contribution in [-0.4, -0.2) is 16.6 Å². The van der Waals surface area contributed by atoms with E-state index in [1.807, 2.05) is 0 Å². The molecule has 0 aliphatic carbocycles. The summed E-state index contributed by atoms with van der Waals surface area (Å²) in [6.07, 6.45) is -3.33.